The Morgan fingerprint density at radius 3 is 2.53 bits per heavy atom. The standard InChI is InChI=1S/C24H24N2O4/c1-2-29-20-13-9-17(10-14-20)21-5-3-15-26(21)24(28)18-7-11-19(12-8-18)25-23(27)22-6-4-16-30-22/h4,6-14,16,21H,2-3,5,15H2,1H3,(H,25,27)/t21-/m1/s1. The van der Waals surface area contributed by atoms with Gasteiger partial charge in [0.25, 0.3) is 11.8 Å². The number of nitrogens with one attached hydrogen (secondary N) is 1. The van der Waals surface area contributed by atoms with Crippen molar-refractivity contribution in [2.24, 2.45) is 0 Å². The van der Waals surface area contributed by atoms with Crippen LogP contribution in [0, 0.1) is 0 Å². The van der Waals surface area contributed by atoms with E-state index in [9.17, 15) is 9.59 Å². The van der Waals surface area contributed by atoms with Crippen LogP contribution < -0.4 is 10.1 Å². The summed E-state index contributed by atoms with van der Waals surface area (Å²) in [6.45, 7) is 3.32. The van der Waals surface area contributed by atoms with Gasteiger partial charge in [-0.25, -0.2) is 0 Å². The molecule has 3 aromatic rings. The first-order valence-electron chi connectivity index (χ1n) is 10.1. The lowest BCUT2D eigenvalue weighted by atomic mass is 10.0. The molecule has 1 fully saturated rings. The first-order chi connectivity index (χ1) is 14.7. The lowest BCUT2D eigenvalue weighted by Crippen LogP contribution is -2.30. The molecule has 2 heterocycles. The second-order valence-corrected chi connectivity index (χ2v) is 7.17. The van der Waals surface area contributed by atoms with Crippen molar-refractivity contribution in [1.82, 2.24) is 4.90 Å². The van der Waals surface area contributed by atoms with Gasteiger partial charge in [-0.15, -0.1) is 0 Å². The monoisotopic (exact) mass is 404 g/mol. The van der Waals surface area contributed by atoms with Crippen LogP contribution >= 0.6 is 0 Å². The number of hydrogen-bond donors (Lipinski definition) is 1. The summed E-state index contributed by atoms with van der Waals surface area (Å²) in [7, 11) is 0. The minimum Gasteiger partial charge on any atom is -0.494 e. The van der Waals surface area contributed by atoms with E-state index in [1.165, 1.54) is 6.26 Å². The van der Waals surface area contributed by atoms with Crippen LogP contribution in [-0.2, 0) is 0 Å². The molecule has 1 N–H and O–H groups in total. The van der Waals surface area contributed by atoms with E-state index in [0.717, 1.165) is 30.7 Å². The van der Waals surface area contributed by atoms with Crippen molar-refractivity contribution < 1.29 is 18.7 Å². The van der Waals surface area contributed by atoms with E-state index >= 15 is 0 Å². The van der Waals surface area contributed by atoms with Gasteiger partial charge in [0.2, 0.25) is 0 Å². The average molecular weight is 404 g/mol. The largest absolute Gasteiger partial charge is 0.494 e. The van der Waals surface area contributed by atoms with Crippen LogP contribution in [0.4, 0.5) is 5.69 Å². The Kier molecular flexibility index (Phi) is 5.84. The number of benzene rings is 2. The molecule has 1 atom stereocenters. The molecule has 154 valence electrons. The number of amides is 2. The van der Waals surface area contributed by atoms with Crippen LogP contribution in [-0.4, -0.2) is 29.9 Å². The molecule has 1 aliphatic heterocycles. The Morgan fingerprint density at radius 1 is 1.10 bits per heavy atom. The Bertz CT molecular complexity index is 995. The zero-order chi connectivity index (χ0) is 20.9. The SMILES string of the molecule is CCOc1ccc([C@H]2CCCN2C(=O)c2ccc(NC(=O)c3ccco3)cc2)cc1. The minimum atomic E-state index is -0.325. The highest BCUT2D eigenvalue weighted by Crippen LogP contribution is 2.34. The molecular weight excluding hydrogens is 380 g/mol. The van der Waals surface area contributed by atoms with Crippen LogP contribution in [0.5, 0.6) is 5.75 Å². The Morgan fingerprint density at radius 2 is 1.87 bits per heavy atom. The molecule has 6 heteroatoms. The summed E-state index contributed by atoms with van der Waals surface area (Å²) in [5, 5.41) is 2.76. The van der Waals surface area contributed by atoms with E-state index in [1.54, 1.807) is 36.4 Å². The minimum absolute atomic E-state index is 0.00436. The Labute approximate surface area is 175 Å². The van der Waals surface area contributed by atoms with Gasteiger partial charge in [-0.05, 0) is 73.9 Å². The number of hydrogen-bond acceptors (Lipinski definition) is 4. The van der Waals surface area contributed by atoms with Gasteiger partial charge in [-0.2, -0.15) is 0 Å². The second kappa shape index (κ2) is 8.86. The zero-order valence-corrected chi connectivity index (χ0v) is 16.8. The van der Waals surface area contributed by atoms with Crippen molar-refractivity contribution in [2.75, 3.05) is 18.5 Å². The van der Waals surface area contributed by atoms with Crippen molar-refractivity contribution in [1.29, 1.82) is 0 Å². The van der Waals surface area contributed by atoms with Crippen molar-refractivity contribution in [2.45, 2.75) is 25.8 Å². The maximum atomic E-state index is 13.1. The van der Waals surface area contributed by atoms with Crippen molar-refractivity contribution in [3.63, 3.8) is 0 Å². The third kappa shape index (κ3) is 4.22. The third-order valence-electron chi connectivity index (χ3n) is 5.22. The highest BCUT2D eigenvalue weighted by molar-refractivity contribution is 6.02. The summed E-state index contributed by atoms with van der Waals surface area (Å²) in [6, 6.07) is 18.3. The number of rotatable bonds is 6. The van der Waals surface area contributed by atoms with E-state index in [4.69, 9.17) is 9.15 Å². The molecule has 2 amide bonds. The fourth-order valence-corrected chi connectivity index (χ4v) is 3.77. The predicted octanol–water partition coefficient (Wildman–Crippen LogP) is 4.91. The normalized spacial score (nSPS) is 15.8. The van der Waals surface area contributed by atoms with Crippen LogP contribution in [0.15, 0.2) is 71.3 Å². The Hall–Kier alpha value is -3.54. The molecule has 0 spiro atoms. The molecule has 1 aliphatic rings. The van der Waals surface area contributed by atoms with Crippen molar-refractivity contribution in [3.05, 3.63) is 83.8 Å². The number of carbonyl (C=O) groups is 2. The lowest BCUT2D eigenvalue weighted by molar-refractivity contribution is 0.0735. The Balaban J connectivity index is 1.44. The zero-order valence-electron chi connectivity index (χ0n) is 16.8. The third-order valence-corrected chi connectivity index (χ3v) is 5.22. The van der Waals surface area contributed by atoms with Crippen LogP contribution in [0.25, 0.3) is 0 Å². The van der Waals surface area contributed by atoms with Crippen LogP contribution in [0.2, 0.25) is 0 Å². The van der Waals surface area contributed by atoms with Gasteiger partial charge in [0.15, 0.2) is 5.76 Å². The average Bonchev–Trinajstić information content (AvgIpc) is 3.47. The van der Waals surface area contributed by atoms with Crippen LogP contribution in [0.1, 0.15) is 52.3 Å². The molecule has 0 saturated carbocycles. The molecule has 4 rings (SSSR count). The fraction of sp³-hybridized carbons (Fsp3) is 0.250. The molecule has 1 aromatic heterocycles. The fourth-order valence-electron chi connectivity index (χ4n) is 3.77. The van der Waals surface area contributed by atoms with Gasteiger partial charge in [-0.1, -0.05) is 12.1 Å². The number of nitrogens with zero attached hydrogens (tertiary/aromatic N) is 1. The van der Waals surface area contributed by atoms with Crippen LogP contribution in [0.3, 0.4) is 0 Å². The predicted molar refractivity (Wildman–Crippen MR) is 114 cm³/mol. The molecule has 1 saturated heterocycles. The number of carbonyl (C=O) groups excluding carboxylic acids is 2. The van der Waals surface area contributed by atoms with Gasteiger partial charge in [0, 0.05) is 17.8 Å². The molecular formula is C24H24N2O4. The summed E-state index contributed by atoms with van der Waals surface area (Å²) in [5.74, 6) is 0.749. The molecule has 2 aromatic carbocycles. The van der Waals surface area contributed by atoms with E-state index < -0.39 is 0 Å². The molecule has 0 unspecified atom stereocenters. The highest BCUT2D eigenvalue weighted by atomic mass is 16.5. The summed E-state index contributed by atoms with van der Waals surface area (Å²) in [5.41, 5.74) is 2.33. The van der Waals surface area contributed by atoms with E-state index in [0.29, 0.717) is 17.9 Å². The van der Waals surface area contributed by atoms with Gasteiger partial charge < -0.3 is 19.4 Å². The number of furan rings is 1. The molecule has 0 bridgehead atoms. The number of likely N-dealkylation sites (tertiary alicyclic amines) is 1. The summed E-state index contributed by atoms with van der Waals surface area (Å²) < 4.78 is 10.6. The van der Waals surface area contributed by atoms with E-state index in [-0.39, 0.29) is 23.6 Å². The molecule has 0 aliphatic carbocycles. The smallest absolute Gasteiger partial charge is 0.291 e. The highest BCUT2D eigenvalue weighted by Gasteiger charge is 2.30. The molecule has 0 radical (unpaired) electrons. The molecule has 6 nitrogen and oxygen atoms in total. The number of anilines is 1. The quantitative estimate of drug-likeness (QED) is 0.634. The topological polar surface area (TPSA) is 71.8 Å². The summed E-state index contributed by atoms with van der Waals surface area (Å²) in [4.78, 5) is 27.1. The van der Waals surface area contributed by atoms with Gasteiger partial charge in [-0.3, -0.25) is 9.59 Å². The summed E-state index contributed by atoms with van der Waals surface area (Å²) >= 11 is 0. The maximum Gasteiger partial charge on any atom is 0.291 e. The van der Waals surface area contributed by atoms with Crippen molar-refractivity contribution >= 4 is 17.5 Å². The van der Waals surface area contributed by atoms with Gasteiger partial charge in [0.1, 0.15) is 5.75 Å². The van der Waals surface area contributed by atoms with Gasteiger partial charge in [0.05, 0.1) is 18.9 Å². The first-order valence-corrected chi connectivity index (χ1v) is 10.1. The van der Waals surface area contributed by atoms with E-state index in [1.807, 2.05) is 36.1 Å². The second-order valence-electron chi connectivity index (χ2n) is 7.17. The lowest BCUT2D eigenvalue weighted by Gasteiger charge is -2.25. The number of ether oxygens (including phenoxy) is 1. The first kappa shape index (κ1) is 19.8. The van der Waals surface area contributed by atoms with E-state index in [2.05, 4.69) is 5.32 Å². The van der Waals surface area contributed by atoms with Gasteiger partial charge >= 0.3 is 0 Å². The molecule has 30 heavy (non-hydrogen) atoms. The van der Waals surface area contributed by atoms with Crippen molar-refractivity contribution in [3.8, 4) is 5.75 Å². The summed E-state index contributed by atoms with van der Waals surface area (Å²) in [6.07, 6.45) is 3.37. The maximum absolute atomic E-state index is 13.1.